The number of nitrogen functional groups attached to an aromatic ring is 2. The Morgan fingerprint density at radius 1 is 1.36 bits per heavy atom. The Bertz CT molecular complexity index is 1210. The summed E-state index contributed by atoms with van der Waals surface area (Å²) < 4.78 is 0.0459. The first-order valence-electron chi connectivity index (χ1n) is 9.35. The molecule has 4 heterocycles. The van der Waals surface area contributed by atoms with Crippen LogP contribution in [0.5, 0.6) is 0 Å². The van der Waals surface area contributed by atoms with Gasteiger partial charge in [0.25, 0.3) is 11.8 Å². The lowest BCUT2D eigenvalue weighted by Crippen LogP contribution is -2.72. The number of carbonyl (C=O) groups excluding carboxylic acids is 2. The summed E-state index contributed by atoms with van der Waals surface area (Å²) >= 11 is 8.06. The molecule has 33 heavy (non-hydrogen) atoms. The summed E-state index contributed by atoms with van der Waals surface area (Å²) in [5.41, 5.74) is 10.4. The van der Waals surface area contributed by atoms with Gasteiger partial charge in [-0.2, -0.15) is 0 Å². The molecule has 1 saturated heterocycles. The van der Waals surface area contributed by atoms with Crippen LogP contribution in [0.4, 0.5) is 10.9 Å². The number of halogens is 1. The van der Waals surface area contributed by atoms with Gasteiger partial charge in [0.15, 0.2) is 10.8 Å². The Balaban J connectivity index is 1.53. The number of aromatic nitrogens is 2. The number of pyridine rings is 1. The van der Waals surface area contributed by atoms with Gasteiger partial charge >= 0.3 is 5.97 Å². The van der Waals surface area contributed by atoms with E-state index >= 15 is 0 Å². The average Bonchev–Trinajstić information content (AvgIpc) is 3.11. The van der Waals surface area contributed by atoms with Crippen LogP contribution in [0.2, 0.25) is 4.34 Å². The number of nitrogens with zero attached hydrogens (tertiary/aromatic N) is 4. The lowest BCUT2D eigenvalue weighted by molar-refractivity contribution is -0.155. The fourth-order valence-corrected chi connectivity index (χ4v) is 5.55. The van der Waals surface area contributed by atoms with E-state index in [-0.39, 0.29) is 20.9 Å². The van der Waals surface area contributed by atoms with Gasteiger partial charge in [-0.3, -0.25) is 14.5 Å². The fourth-order valence-electron chi connectivity index (χ4n) is 3.60. The van der Waals surface area contributed by atoms with Gasteiger partial charge in [0.1, 0.15) is 27.6 Å². The molecule has 0 radical (unpaired) electrons. The molecule has 0 saturated carbocycles. The van der Waals surface area contributed by atoms with Crippen molar-refractivity contribution in [1.82, 2.24) is 20.2 Å². The number of rotatable bonds is 6. The summed E-state index contributed by atoms with van der Waals surface area (Å²) in [4.78, 5) is 47.6. The summed E-state index contributed by atoms with van der Waals surface area (Å²) in [6.07, 6.45) is 2.30. The molecule has 4 rings (SSSR count). The highest BCUT2D eigenvalue weighted by Gasteiger charge is 2.53. The van der Waals surface area contributed by atoms with E-state index in [0.717, 1.165) is 16.2 Å². The molecule has 0 spiro atoms. The minimum atomic E-state index is -1.26. The SMILES string of the molecule is Nc1ccc(SC2=C(C(=O)O)N3C(=O)C(NC(=O)/C(=N\O)c4nc(N)sc4Cl)C3CC2)cn1. The highest BCUT2D eigenvalue weighted by Crippen LogP contribution is 2.43. The number of fused-ring (bicyclic) bond motifs is 1. The first kappa shape index (κ1) is 22.8. The third-order valence-corrected chi connectivity index (χ3v) is 7.23. The van der Waals surface area contributed by atoms with E-state index in [9.17, 15) is 24.7 Å². The molecule has 15 heteroatoms. The fraction of sp³-hybridized carbons (Fsp3) is 0.222. The third kappa shape index (κ3) is 4.19. The number of hydrogen-bond donors (Lipinski definition) is 5. The molecule has 12 nitrogen and oxygen atoms in total. The molecular weight excluding hydrogens is 494 g/mol. The number of hydrogen-bond acceptors (Lipinski definition) is 11. The van der Waals surface area contributed by atoms with Gasteiger partial charge in [-0.15, -0.1) is 0 Å². The Labute approximate surface area is 199 Å². The maximum absolute atomic E-state index is 12.8. The van der Waals surface area contributed by atoms with Gasteiger partial charge in [0, 0.05) is 16.0 Å². The molecule has 172 valence electrons. The number of allylic oxidation sites excluding steroid dienone is 1. The Morgan fingerprint density at radius 2 is 2.12 bits per heavy atom. The van der Waals surface area contributed by atoms with E-state index in [1.807, 2.05) is 0 Å². The van der Waals surface area contributed by atoms with Crippen molar-refractivity contribution >= 4 is 69.1 Å². The van der Waals surface area contributed by atoms with Crippen molar-refractivity contribution in [2.75, 3.05) is 11.5 Å². The summed E-state index contributed by atoms with van der Waals surface area (Å²) in [6.45, 7) is 0. The standard InChI is InChI=1S/C18H16ClN7O5S2/c19-14-11(24-18(21)33-14)12(25-31)15(27)23-10-7-2-3-8(13(17(29)30)26(7)16(10)28)32-6-1-4-9(20)22-5-6/h1,4-5,7,10,31H,2-3H2,(H2,20,22)(H2,21,24)(H,23,27)(H,29,30)/b25-12-. The van der Waals surface area contributed by atoms with E-state index < -0.39 is 35.6 Å². The molecule has 7 N–H and O–H groups in total. The second-order valence-electron chi connectivity index (χ2n) is 6.99. The second-order valence-corrected chi connectivity index (χ2v) is 9.79. The number of carboxylic acids is 1. The predicted molar refractivity (Wildman–Crippen MR) is 121 cm³/mol. The highest BCUT2D eigenvalue weighted by molar-refractivity contribution is 8.03. The number of oxime groups is 1. The summed E-state index contributed by atoms with van der Waals surface area (Å²) in [7, 11) is 0. The molecule has 2 atom stereocenters. The maximum Gasteiger partial charge on any atom is 0.353 e. The monoisotopic (exact) mass is 509 g/mol. The highest BCUT2D eigenvalue weighted by atomic mass is 35.5. The normalized spacial score (nSPS) is 20.3. The smallest absolute Gasteiger partial charge is 0.353 e. The van der Waals surface area contributed by atoms with Crippen molar-refractivity contribution in [2.24, 2.45) is 5.16 Å². The van der Waals surface area contributed by atoms with Crippen molar-refractivity contribution < 1.29 is 24.7 Å². The molecule has 1 fully saturated rings. The Kier molecular flexibility index (Phi) is 6.14. The van der Waals surface area contributed by atoms with Gasteiger partial charge in [-0.05, 0) is 25.0 Å². The number of aliphatic carboxylic acids is 1. The van der Waals surface area contributed by atoms with E-state index in [4.69, 9.17) is 23.1 Å². The molecule has 2 unspecified atom stereocenters. The first-order valence-corrected chi connectivity index (χ1v) is 11.4. The molecule has 2 aliphatic heterocycles. The largest absolute Gasteiger partial charge is 0.477 e. The predicted octanol–water partition coefficient (Wildman–Crippen LogP) is 1.11. The van der Waals surface area contributed by atoms with Gasteiger partial charge in [-0.25, -0.2) is 14.8 Å². The maximum atomic E-state index is 12.8. The van der Waals surface area contributed by atoms with E-state index in [2.05, 4.69) is 20.4 Å². The van der Waals surface area contributed by atoms with Crippen molar-refractivity contribution in [1.29, 1.82) is 0 Å². The van der Waals surface area contributed by atoms with Crippen molar-refractivity contribution in [3.05, 3.63) is 39.0 Å². The number of β-lactam (4-membered cyclic amide) rings is 1. The zero-order chi connectivity index (χ0) is 23.9. The molecule has 2 aromatic rings. The second kappa shape index (κ2) is 8.88. The van der Waals surface area contributed by atoms with Crippen LogP contribution in [0.3, 0.4) is 0 Å². The third-order valence-electron chi connectivity index (χ3n) is 5.02. The Hall–Kier alpha value is -3.36. The number of amides is 2. The van der Waals surface area contributed by atoms with Crippen LogP contribution in [-0.4, -0.2) is 60.8 Å². The van der Waals surface area contributed by atoms with Crippen LogP contribution in [0.25, 0.3) is 0 Å². The number of carboxylic acid groups (broad SMARTS) is 1. The Morgan fingerprint density at radius 3 is 2.70 bits per heavy atom. The molecular formula is C18H16ClN7O5S2. The van der Waals surface area contributed by atoms with E-state index in [1.54, 1.807) is 12.1 Å². The zero-order valence-electron chi connectivity index (χ0n) is 16.6. The van der Waals surface area contributed by atoms with Crippen LogP contribution in [0.15, 0.2) is 39.0 Å². The van der Waals surface area contributed by atoms with Crippen molar-refractivity contribution in [3.8, 4) is 0 Å². The number of nitrogens with two attached hydrogens (primary N) is 2. The minimum absolute atomic E-state index is 0.0459. The molecule has 2 aromatic heterocycles. The molecule has 0 aromatic carbocycles. The number of thioether (sulfide) groups is 1. The number of anilines is 2. The number of carbonyl (C=O) groups is 3. The van der Waals surface area contributed by atoms with Crippen LogP contribution in [-0.2, 0) is 14.4 Å². The topological polar surface area (TPSA) is 197 Å². The summed E-state index contributed by atoms with van der Waals surface area (Å²) in [5, 5.41) is 24.6. The molecule has 2 aliphatic rings. The van der Waals surface area contributed by atoms with Gasteiger partial charge < -0.3 is 27.1 Å². The molecule has 0 bridgehead atoms. The van der Waals surface area contributed by atoms with E-state index in [0.29, 0.717) is 28.5 Å². The zero-order valence-corrected chi connectivity index (χ0v) is 18.9. The van der Waals surface area contributed by atoms with Gasteiger partial charge in [0.2, 0.25) is 0 Å². The van der Waals surface area contributed by atoms with Crippen LogP contribution >= 0.6 is 34.7 Å². The minimum Gasteiger partial charge on any atom is -0.477 e. The number of thiazole rings is 1. The summed E-state index contributed by atoms with van der Waals surface area (Å²) in [5.74, 6) is -2.41. The van der Waals surface area contributed by atoms with Gasteiger partial charge in [-0.1, -0.05) is 39.9 Å². The van der Waals surface area contributed by atoms with Crippen LogP contribution in [0.1, 0.15) is 18.5 Å². The lowest BCUT2D eigenvalue weighted by Gasteiger charge is -2.50. The molecule has 0 aliphatic carbocycles. The quantitative estimate of drug-likeness (QED) is 0.163. The average molecular weight is 510 g/mol. The molecule has 2 amide bonds. The van der Waals surface area contributed by atoms with Crippen LogP contribution in [0, 0.1) is 0 Å². The number of nitrogens with one attached hydrogen (secondary N) is 1. The van der Waals surface area contributed by atoms with Crippen LogP contribution < -0.4 is 16.8 Å². The van der Waals surface area contributed by atoms with Crippen molar-refractivity contribution in [2.45, 2.75) is 29.8 Å². The van der Waals surface area contributed by atoms with E-state index in [1.165, 1.54) is 18.0 Å². The van der Waals surface area contributed by atoms with Crippen molar-refractivity contribution in [3.63, 3.8) is 0 Å². The summed E-state index contributed by atoms with van der Waals surface area (Å²) in [6, 6.07) is 1.73. The van der Waals surface area contributed by atoms with Gasteiger partial charge in [0.05, 0.1) is 6.04 Å². The lowest BCUT2D eigenvalue weighted by atomic mass is 9.86. The first-order chi connectivity index (χ1) is 15.7.